The summed E-state index contributed by atoms with van der Waals surface area (Å²) in [5.41, 5.74) is 4.94. The lowest BCUT2D eigenvalue weighted by molar-refractivity contribution is -0.125. The summed E-state index contributed by atoms with van der Waals surface area (Å²) in [4.78, 5) is 18.2. The van der Waals surface area contributed by atoms with E-state index in [1.165, 1.54) is 0 Å². The largest absolute Gasteiger partial charge is 0.370 e. The molecule has 5 nitrogen and oxygen atoms in total. The summed E-state index contributed by atoms with van der Waals surface area (Å²) in [6, 6.07) is 0.379. The molecule has 1 saturated heterocycles. The molecule has 2 heterocycles. The predicted molar refractivity (Wildman–Crippen MR) is 53.8 cm³/mol. The van der Waals surface area contributed by atoms with Gasteiger partial charge in [0.15, 0.2) is 5.96 Å². The fourth-order valence-corrected chi connectivity index (χ4v) is 2.18. The molecule has 5 heteroatoms. The zero-order valence-electron chi connectivity index (χ0n) is 8.58. The number of nitrogens with two attached hydrogens (primary N) is 1. The normalized spacial score (nSPS) is 38.6. The van der Waals surface area contributed by atoms with Crippen molar-refractivity contribution >= 4 is 11.9 Å². The van der Waals surface area contributed by atoms with Crippen molar-refractivity contribution in [1.82, 2.24) is 10.2 Å². The molecule has 14 heavy (non-hydrogen) atoms. The molecule has 1 fully saturated rings. The van der Waals surface area contributed by atoms with Gasteiger partial charge in [0.25, 0.3) is 5.91 Å². The maximum Gasteiger partial charge on any atom is 0.254 e. The van der Waals surface area contributed by atoms with Gasteiger partial charge in [0, 0.05) is 12.6 Å². The summed E-state index contributed by atoms with van der Waals surface area (Å²) >= 11 is 0. The highest BCUT2D eigenvalue weighted by Crippen LogP contribution is 2.31. The van der Waals surface area contributed by atoms with Gasteiger partial charge in [0.1, 0.15) is 5.54 Å². The number of carbonyl (C=O) groups excluding carboxylic acids is 1. The molecule has 78 valence electrons. The van der Waals surface area contributed by atoms with Crippen molar-refractivity contribution < 1.29 is 4.79 Å². The Hall–Kier alpha value is -1.10. The molecule has 0 saturated carbocycles. The first kappa shape index (κ1) is 9.45. The van der Waals surface area contributed by atoms with E-state index in [1.807, 2.05) is 0 Å². The molecule has 0 radical (unpaired) electrons. The van der Waals surface area contributed by atoms with Crippen LogP contribution in [0.15, 0.2) is 4.99 Å². The van der Waals surface area contributed by atoms with Crippen LogP contribution in [0, 0.1) is 0 Å². The maximum absolute atomic E-state index is 11.7. The van der Waals surface area contributed by atoms with Crippen LogP contribution in [-0.2, 0) is 4.79 Å². The summed E-state index contributed by atoms with van der Waals surface area (Å²) in [7, 11) is 2.07. The van der Waals surface area contributed by atoms with E-state index >= 15 is 0 Å². The number of piperidine rings is 1. The highest BCUT2D eigenvalue weighted by molar-refractivity contribution is 6.06. The second-order valence-corrected chi connectivity index (χ2v) is 4.27. The van der Waals surface area contributed by atoms with Crippen molar-refractivity contribution in [2.75, 3.05) is 13.6 Å². The Morgan fingerprint density at radius 3 is 2.93 bits per heavy atom. The molecule has 2 aliphatic rings. The first-order valence-electron chi connectivity index (χ1n) is 4.90. The van der Waals surface area contributed by atoms with E-state index in [1.54, 1.807) is 0 Å². The predicted octanol–water partition coefficient (Wildman–Crippen LogP) is -0.716. The van der Waals surface area contributed by atoms with Gasteiger partial charge in [-0.1, -0.05) is 0 Å². The van der Waals surface area contributed by atoms with Crippen LogP contribution >= 0.6 is 0 Å². The second-order valence-electron chi connectivity index (χ2n) is 4.27. The van der Waals surface area contributed by atoms with Crippen LogP contribution in [-0.4, -0.2) is 41.9 Å². The van der Waals surface area contributed by atoms with Crippen molar-refractivity contribution in [1.29, 1.82) is 0 Å². The number of likely N-dealkylation sites (tertiary alicyclic amines) is 1. The smallest absolute Gasteiger partial charge is 0.254 e. The minimum Gasteiger partial charge on any atom is -0.370 e. The van der Waals surface area contributed by atoms with E-state index in [2.05, 4.69) is 29.2 Å². The Bertz CT molecular complexity index is 301. The topological polar surface area (TPSA) is 70.7 Å². The SMILES string of the molecule is CC1CC2(CCN1C)N=C(N)NC2=O. The van der Waals surface area contributed by atoms with Crippen molar-refractivity contribution in [3.63, 3.8) is 0 Å². The van der Waals surface area contributed by atoms with E-state index in [0.29, 0.717) is 6.04 Å². The molecule has 0 aromatic heterocycles. The Balaban J connectivity index is 2.22. The Morgan fingerprint density at radius 2 is 2.43 bits per heavy atom. The monoisotopic (exact) mass is 196 g/mol. The standard InChI is InChI=1S/C9H16N4O/c1-6-5-9(3-4-13(6)2)7(14)11-8(10)12-9/h6H,3-5H2,1-2H3,(H3,10,11,12,14). The van der Waals surface area contributed by atoms with Crippen LogP contribution in [0.2, 0.25) is 0 Å². The van der Waals surface area contributed by atoms with E-state index in [0.717, 1.165) is 19.4 Å². The fraction of sp³-hybridized carbons (Fsp3) is 0.778. The summed E-state index contributed by atoms with van der Waals surface area (Å²) in [5.74, 6) is 0.238. The van der Waals surface area contributed by atoms with Gasteiger partial charge < -0.3 is 10.6 Å². The average Bonchev–Trinajstić information content (AvgIpc) is 2.36. The molecule has 3 N–H and O–H groups in total. The number of nitrogens with zero attached hydrogens (tertiary/aromatic N) is 2. The number of hydrogen-bond acceptors (Lipinski definition) is 4. The lowest BCUT2D eigenvalue weighted by Crippen LogP contribution is -2.51. The highest BCUT2D eigenvalue weighted by atomic mass is 16.2. The number of rotatable bonds is 0. The van der Waals surface area contributed by atoms with Crippen LogP contribution < -0.4 is 11.1 Å². The number of hydrogen-bond donors (Lipinski definition) is 2. The molecule has 2 aliphatic heterocycles. The summed E-state index contributed by atoms with van der Waals surface area (Å²) in [5, 5.41) is 2.58. The van der Waals surface area contributed by atoms with Crippen LogP contribution in [0.5, 0.6) is 0 Å². The molecule has 2 unspecified atom stereocenters. The number of guanidine groups is 1. The van der Waals surface area contributed by atoms with Gasteiger partial charge in [-0.15, -0.1) is 0 Å². The van der Waals surface area contributed by atoms with Gasteiger partial charge >= 0.3 is 0 Å². The highest BCUT2D eigenvalue weighted by Gasteiger charge is 2.46. The molecule has 0 bridgehead atoms. The van der Waals surface area contributed by atoms with Crippen LogP contribution in [0.3, 0.4) is 0 Å². The van der Waals surface area contributed by atoms with Crippen molar-refractivity contribution in [2.45, 2.75) is 31.3 Å². The maximum atomic E-state index is 11.7. The molecule has 1 amide bonds. The average molecular weight is 196 g/mol. The third-order valence-corrected chi connectivity index (χ3v) is 3.26. The van der Waals surface area contributed by atoms with E-state index in [9.17, 15) is 4.79 Å². The lowest BCUT2D eigenvalue weighted by Gasteiger charge is -2.38. The minimum atomic E-state index is -0.573. The van der Waals surface area contributed by atoms with Crippen LogP contribution in [0.1, 0.15) is 19.8 Å². The van der Waals surface area contributed by atoms with Gasteiger partial charge in [-0.25, -0.2) is 4.99 Å². The van der Waals surface area contributed by atoms with Crippen molar-refractivity contribution in [2.24, 2.45) is 10.7 Å². The molecule has 2 atom stereocenters. The molecule has 0 aliphatic carbocycles. The number of nitrogens with one attached hydrogen (secondary N) is 1. The molecular weight excluding hydrogens is 180 g/mol. The lowest BCUT2D eigenvalue weighted by atomic mass is 9.84. The van der Waals surface area contributed by atoms with Crippen molar-refractivity contribution in [3.05, 3.63) is 0 Å². The van der Waals surface area contributed by atoms with Gasteiger partial charge in [-0.2, -0.15) is 0 Å². The summed E-state index contributed by atoms with van der Waals surface area (Å²) in [6.07, 6.45) is 1.52. The van der Waals surface area contributed by atoms with Gasteiger partial charge in [-0.3, -0.25) is 10.1 Å². The molecule has 0 aromatic carbocycles. The van der Waals surface area contributed by atoms with Gasteiger partial charge in [0.2, 0.25) is 0 Å². The number of aliphatic imine (C=N–C) groups is 1. The Labute approximate surface area is 83.4 Å². The first-order chi connectivity index (χ1) is 6.53. The molecule has 1 spiro atoms. The van der Waals surface area contributed by atoms with E-state index in [4.69, 9.17) is 5.73 Å². The second kappa shape index (κ2) is 2.95. The van der Waals surface area contributed by atoms with Crippen LogP contribution in [0.25, 0.3) is 0 Å². The fourth-order valence-electron chi connectivity index (χ4n) is 2.18. The van der Waals surface area contributed by atoms with Gasteiger partial charge in [-0.05, 0) is 26.8 Å². The minimum absolute atomic E-state index is 0.0325. The van der Waals surface area contributed by atoms with Crippen LogP contribution in [0.4, 0.5) is 0 Å². The quantitative estimate of drug-likeness (QED) is 0.537. The van der Waals surface area contributed by atoms with E-state index in [-0.39, 0.29) is 11.9 Å². The third-order valence-electron chi connectivity index (χ3n) is 3.26. The summed E-state index contributed by atoms with van der Waals surface area (Å²) in [6.45, 7) is 3.00. The zero-order valence-corrected chi connectivity index (χ0v) is 8.58. The molecule has 0 aromatic rings. The Morgan fingerprint density at radius 1 is 1.71 bits per heavy atom. The molecule has 2 rings (SSSR count). The first-order valence-corrected chi connectivity index (χ1v) is 4.90. The third kappa shape index (κ3) is 1.28. The molecular formula is C9H16N4O. The number of amides is 1. The Kier molecular flexibility index (Phi) is 1.99. The zero-order chi connectivity index (χ0) is 10.3. The summed E-state index contributed by atoms with van der Waals surface area (Å²) < 4.78 is 0. The van der Waals surface area contributed by atoms with E-state index < -0.39 is 5.54 Å². The van der Waals surface area contributed by atoms with Crippen molar-refractivity contribution in [3.8, 4) is 0 Å². The number of carbonyl (C=O) groups is 1. The van der Waals surface area contributed by atoms with Gasteiger partial charge in [0.05, 0.1) is 0 Å².